The highest BCUT2D eigenvalue weighted by Crippen LogP contribution is 2.36. The third-order valence-electron chi connectivity index (χ3n) is 24.4. The highest BCUT2D eigenvalue weighted by Gasteiger charge is 2.32. The highest BCUT2D eigenvalue weighted by molar-refractivity contribution is 5.88. The summed E-state index contributed by atoms with van der Waals surface area (Å²) in [6.45, 7) is 20.2. The van der Waals surface area contributed by atoms with Gasteiger partial charge in [-0.05, 0) is 100 Å². The average Bonchev–Trinajstić information content (AvgIpc) is 0.874. The molecule has 0 bridgehead atoms. The van der Waals surface area contributed by atoms with E-state index in [-0.39, 0.29) is 17.7 Å². The van der Waals surface area contributed by atoms with E-state index in [2.05, 4.69) is 59.1 Å². The normalized spacial score (nSPS) is 13.9. The second kappa shape index (κ2) is 72.2. The monoisotopic (exact) mass is 1510 g/mol. The third-order valence-corrected chi connectivity index (χ3v) is 24.4. The van der Waals surface area contributed by atoms with Crippen LogP contribution in [0.3, 0.4) is 0 Å². The zero-order valence-electron chi connectivity index (χ0n) is 72.4. The molecule has 2 aromatic carbocycles. The maximum atomic E-state index is 13.7. The minimum Gasteiger partial charge on any atom is -0.491 e. The van der Waals surface area contributed by atoms with Gasteiger partial charge in [-0.15, -0.1) is 0 Å². The number of para-hydroxylation sites is 2. The van der Waals surface area contributed by atoms with E-state index in [0.717, 1.165) is 93.0 Å². The highest BCUT2D eigenvalue weighted by atomic mass is 16.6. The zero-order valence-corrected chi connectivity index (χ0v) is 72.4. The summed E-state index contributed by atoms with van der Waals surface area (Å²) in [7, 11) is 0. The summed E-state index contributed by atoms with van der Waals surface area (Å²) in [5.74, 6) is 5.60. The fourth-order valence-corrected chi connectivity index (χ4v) is 16.6. The molecule has 0 radical (unpaired) electrons. The molecule has 2 rings (SSSR count). The van der Waals surface area contributed by atoms with E-state index >= 15 is 0 Å². The first-order valence-electron chi connectivity index (χ1n) is 47.1. The number of hydrogen-bond donors (Lipinski definition) is 2. The Morgan fingerprint density at radius 1 is 0.315 bits per heavy atom. The molecular formula is C98H176N2O8. The van der Waals surface area contributed by atoms with Crippen molar-refractivity contribution in [3.05, 3.63) is 60.7 Å². The maximum Gasteiger partial charge on any atom is 0.305 e. The number of Topliss-reactive ketones (excluding diaryl/α,β-unsaturated/α-hetero) is 2. The van der Waals surface area contributed by atoms with Crippen LogP contribution in [0.25, 0.3) is 0 Å². The van der Waals surface area contributed by atoms with Crippen LogP contribution in [0.15, 0.2) is 60.7 Å². The van der Waals surface area contributed by atoms with Crippen LogP contribution in [0.5, 0.6) is 11.5 Å². The Bertz CT molecular complexity index is 2320. The molecule has 2 aromatic rings. The zero-order chi connectivity index (χ0) is 78.2. The van der Waals surface area contributed by atoms with E-state index in [0.29, 0.717) is 77.4 Å². The molecular weight excluding hydrogens is 1330 g/mol. The van der Waals surface area contributed by atoms with Gasteiger partial charge in [0.1, 0.15) is 36.9 Å². The summed E-state index contributed by atoms with van der Waals surface area (Å²) < 4.78 is 23.1. The van der Waals surface area contributed by atoms with Crippen LogP contribution in [0.1, 0.15) is 453 Å². The van der Waals surface area contributed by atoms with Crippen molar-refractivity contribution in [2.24, 2.45) is 23.7 Å². The van der Waals surface area contributed by atoms with Gasteiger partial charge in [-0.1, -0.05) is 412 Å². The number of rotatable bonds is 83. The van der Waals surface area contributed by atoms with Crippen LogP contribution in [0.2, 0.25) is 0 Å². The number of hydrogen-bond acceptors (Lipinski definition) is 9. The first kappa shape index (κ1) is 100. The van der Waals surface area contributed by atoms with Crippen LogP contribution in [0, 0.1) is 23.7 Å². The standard InChI is InChI=1S/C98H176N2O8/c1-9-15-19-23-35-49-65-87(90(68-52-38-26-22-18-12-4)72-56-42-30-34-46-64-80-96(104)107-84-83-105-91-73-57-47-58-74-91)69-53-39-27-31-43-61-77-93(101)97(7,13-5)100-82-81-99-95(103)79-63-45-33-29-41-55-71-89(67-51-37-25-21-17-11-3)88(66-50-36-24-20-16-10-2)70-54-40-28-32-44-62-78-94(102)98(8,14-6)108-86-85-106-92-75-59-48-60-76-92/h47-48,57-60,73-76,87-90,100H,9-46,49-56,61-72,77-86H2,1-8H3,(H,99,103). The van der Waals surface area contributed by atoms with Gasteiger partial charge in [0.05, 0.1) is 12.1 Å². The van der Waals surface area contributed by atoms with Crippen molar-refractivity contribution in [1.82, 2.24) is 10.6 Å². The van der Waals surface area contributed by atoms with Gasteiger partial charge in [-0.25, -0.2) is 0 Å². The van der Waals surface area contributed by atoms with E-state index < -0.39 is 11.1 Å². The largest absolute Gasteiger partial charge is 0.491 e. The molecule has 6 unspecified atom stereocenters. The predicted octanol–water partition coefficient (Wildman–Crippen LogP) is 28.8. The number of nitrogens with one attached hydrogen (secondary N) is 2. The lowest BCUT2D eigenvalue weighted by Crippen LogP contribution is -2.51. The molecule has 0 saturated carbocycles. The Balaban J connectivity index is 1.75. The van der Waals surface area contributed by atoms with Gasteiger partial charge in [-0.3, -0.25) is 19.2 Å². The Hall–Kier alpha value is -3.76. The van der Waals surface area contributed by atoms with Gasteiger partial charge < -0.3 is 29.6 Å². The number of carbonyl (C=O) groups is 4. The van der Waals surface area contributed by atoms with Crippen LogP contribution in [-0.4, -0.2) is 74.1 Å². The molecule has 2 N–H and O–H groups in total. The van der Waals surface area contributed by atoms with E-state index in [4.69, 9.17) is 18.9 Å². The van der Waals surface area contributed by atoms with Crippen molar-refractivity contribution in [2.45, 2.75) is 465 Å². The van der Waals surface area contributed by atoms with Gasteiger partial charge in [0.15, 0.2) is 11.6 Å². The van der Waals surface area contributed by atoms with Crippen LogP contribution >= 0.6 is 0 Å². The van der Waals surface area contributed by atoms with Gasteiger partial charge in [0.2, 0.25) is 5.91 Å². The molecule has 0 heterocycles. The molecule has 1 amide bonds. The Kier molecular flexibility index (Phi) is 67.1. The van der Waals surface area contributed by atoms with Crippen molar-refractivity contribution in [1.29, 1.82) is 0 Å². The first-order valence-corrected chi connectivity index (χ1v) is 47.1. The maximum absolute atomic E-state index is 13.7. The fourth-order valence-electron chi connectivity index (χ4n) is 16.6. The molecule has 0 aromatic heterocycles. The molecule has 6 atom stereocenters. The van der Waals surface area contributed by atoms with E-state index in [1.54, 1.807) is 0 Å². The number of carbonyl (C=O) groups excluding carboxylic acids is 4. The van der Waals surface area contributed by atoms with Gasteiger partial charge >= 0.3 is 5.97 Å². The summed E-state index contributed by atoms with van der Waals surface area (Å²) >= 11 is 0. The van der Waals surface area contributed by atoms with E-state index in [9.17, 15) is 19.2 Å². The molecule has 0 aliphatic heterocycles. The lowest BCUT2D eigenvalue weighted by atomic mass is 9.78. The predicted molar refractivity (Wildman–Crippen MR) is 463 cm³/mol. The number of ketones is 2. The molecule has 0 spiro atoms. The van der Waals surface area contributed by atoms with Gasteiger partial charge in [-0.2, -0.15) is 0 Å². The van der Waals surface area contributed by atoms with Crippen LogP contribution in [-0.2, 0) is 28.7 Å². The topological polar surface area (TPSA) is 129 Å². The van der Waals surface area contributed by atoms with Crippen LogP contribution in [0.4, 0.5) is 0 Å². The summed E-state index contributed by atoms with van der Waals surface area (Å²) in [4.78, 5) is 52.4. The lowest BCUT2D eigenvalue weighted by molar-refractivity contribution is -0.145. The van der Waals surface area contributed by atoms with Crippen molar-refractivity contribution in [2.75, 3.05) is 39.5 Å². The molecule has 10 nitrogen and oxygen atoms in total. The second-order valence-electron chi connectivity index (χ2n) is 33.7. The van der Waals surface area contributed by atoms with Crippen molar-refractivity contribution in [3.8, 4) is 11.5 Å². The molecule has 626 valence electrons. The summed E-state index contributed by atoms with van der Waals surface area (Å²) in [6.07, 6.45) is 76.6. The molecule has 0 saturated heterocycles. The first-order chi connectivity index (χ1) is 52.9. The average molecular weight is 1510 g/mol. The summed E-state index contributed by atoms with van der Waals surface area (Å²) in [6, 6.07) is 19.5. The Morgan fingerprint density at radius 2 is 0.611 bits per heavy atom. The number of ether oxygens (including phenoxy) is 4. The lowest BCUT2D eigenvalue weighted by Gasteiger charge is -2.28. The minimum atomic E-state index is -0.742. The number of amides is 1. The molecule has 108 heavy (non-hydrogen) atoms. The van der Waals surface area contributed by atoms with Crippen molar-refractivity contribution >= 4 is 23.4 Å². The summed E-state index contributed by atoms with van der Waals surface area (Å²) in [5, 5.41) is 6.74. The third kappa shape index (κ3) is 55.6. The molecule has 10 heteroatoms. The number of unbranched alkanes of at least 4 members (excludes halogenated alkanes) is 40. The number of esters is 1. The SMILES string of the molecule is CCCCCCCCC(CCCCCCCCC(=O)NCCNC(C)(CC)C(=O)CCCCCCCCC(CCCCCCCC)C(CCCCCCCC)CCCCCCCCC(=O)OCCOc1ccccc1)C(CCCCCCCC)CCCCCCCCC(=O)C(C)(CC)OCCOc1ccccc1. The van der Waals surface area contributed by atoms with Gasteiger partial charge in [0.25, 0.3) is 0 Å². The summed E-state index contributed by atoms with van der Waals surface area (Å²) in [5.41, 5.74) is -1.29. The van der Waals surface area contributed by atoms with E-state index in [1.807, 2.05) is 67.6 Å². The second-order valence-corrected chi connectivity index (χ2v) is 33.7. The van der Waals surface area contributed by atoms with Crippen LogP contribution < -0.4 is 20.1 Å². The molecule has 0 aliphatic carbocycles. The molecule has 0 aliphatic rings. The number of benzene rings is 2. The van der Waals surface area contributed by atoms with Crippen molar-refractivity contribution < 1.29 is 38.1 Å². The molecule has 0 fully saturated rings. The Morgan fingerprint density at radius 3 is 0.944 bits per heavy atom. The fraction of sp³-hybridized carbons (Fsp3) is 0.837. The van der Waals surface area contributed by atoms with E-state index in [1.165, 1.54) is 308 Å². The van der Waals surface area contributed by atoms with Crippen molar-refractivity contribution in [3.63, 3.8) is 0 Å². The van der Waals surface area contributed by atoms with Gasteiger partial charge in [0, 0.05) is 38.8 Å². The smallest absolute Gasteiger partial charge is 0.305 e. The minimum absolute atomic E-state index is 0.108. The Labute approximate surface area is 668 Å². The quantitative estimate of drug-likeness (QED) is 0.0491.